The quantitative estimate of drug-likeness (QED) is 0.769. The zero-order valence-corrected chi connectivity index (χ0v) is 18.0. The summed E-state index contributed by atoms with van der Waals surface area (Å²) in [6, 6.07) is 10.1. The molecule has 158 valence electrons. The molecular formula is C20H27Cl2N5O2. The van der Waals surface area contributed by atoms with E-state index in [1.807, 2.05) is 40.1 Å². The van der Waals surface area contributed by atoms with E-state index >= 15 is 0 Å². The normalized spacial score (nSPS) is 21.0. The number of benzene rings is 1. The maximum absolute atomic E-state index is 12.7. The van der Waals surface area contributed by atoms with Crippen LogP contribution in [0.15, 0.2) is 36.7 Å². The molecule has 1 aliphatic heterocycles. The number of ether oxygens (including phenoxy) is 1. The molecule has 1 aliphatic carbocycles. The third-order valence-electron chi connectivity index (χ3n) is 5.42. The Balaban J connectivity index is 0.00000150. The summed E-state index contributed by atoms with van der Waals surface area (Å²) < 4.78 is 5.26. The molecule has 2 aromatic rings. The van der Waals surface area contributed by atoms with Crippen LogP contribution < -0.4 is 15.4 Å². The maximum Gasteiger partial charge on any atom is 0.242 e. The summed E-state index contributed by atoms with van der Waals surface area (Å²) in [4.78, 5) is 25.4. The number of methoxy groups -OCH3 is 1. The molecule has 1 saturated heterocycles. The fourth-order valence-corrected chi connectivity index (χ4v) is 3.72. The van der Waals surface area contributed by atoms with Crippen LogP contribution in [0.25, 0.3) is 0 Å². The zero-order valence-electron chi connectivity index (χ0n) is 16.4. The van der Waals surface area contributed by atoms with Crippen LogP contribution in [-0.4, -0.2) is 53.6 Å². The first-order chi connectivity index (χ1) is 13.1. The van der Waals surface area contributed by atoms with Crippen molar-refractivity contribution in [2.45, 2.75) is 31.3 Å². The SMILES string of the molecule is COc1cccc(CN2CCN(c3cc(C4CC(N)C4)ncn3)CC2=O)c1.Cl.Cl. The number of aromatic nitrogens is 2. The summed E-state index contributed by atoms with van der Waals surface area (Å²) in [6.45, 7) is 2.36. The lowest BCUT2D eigenvalue weighted by atomic mass is 9.78. The minimum Gasteiger partial charge on any atom is -0.497 e. The molecule has 0 atom stereocenters. The molecule has 0 bridgehead atoms. The van der Waals surface area contributed by atoms with E-state index in [4.69, 9.17) is 10.5 Å². The minimum absolute atomic E-state index is 0. The van der Waals surface area contributed by atoms with E-state index in [1.165, 1.54) is 0 Å². The van der Waals surface area contributed by atoms with Crippen molar-refractivity contribution < 1.29 is 9.53 Å². The van der Waals surface area contributed by atoms with E-state index in [0.717, 1.165) is 42.2 Å². The van der Waals surface area contributed by atoms with Gasteiger partial charge in [0.25, 0.3) is 0 Å². The predicted octanol–water partition coefficient (Wildman–Crippen LogP) is 2.38. The molecule has 0 radical (unpaired) electrons. The number of hydrogen-bond donors (Lipinski definition) is 1. The molecule has 1 saturated carbocycles. The van der Waals surface area contributed by atoms with E-state index in [9.17, 15) is 4.79 Å². The molecule has 2 N–H and O–H groups in total. The highest BCUT2D eigenvalue weighted by molar-refractivity contribution is 5.85. The number of anilines is 1. The second kappa shape index (κ2) is 10.1. The molecule has 1 aromatic carbocycles. The third-order valence-corrected chi connectivity index (χ3v) is 5.42. The van der Waals surface area contributed by atoms with Crippen molar-refractivity contribution in [2.24, 2.45) is 5.73 Å². The standard InChI is InChI=1S/C20H25N5O2.2ClH/c1-27-17-4-2-3-14(7-17)11-25-6-5-24(12-20(25)26)19-10-18(22-13-23-19)15-8-16(21)9-15;;/h2-4,7,10,13,15-16H,5-6,8-9,11-12,21H2,1H3;2*1H. The second-order valence-corrected chi connectivity index (χ2v) is 7.32. The Bertz CT molecular complexity index is 832. The average Bonchev–Trinajstić information content (AvgIpc) is 2.67. The minimum atomic E-state index is 0. The molecule has 1 amide bonds. The lowest BCUT2D eigenvalue weighted by Gasteiger charge is -2.36. The molecule has 29 heavy (non-hydrogen) atoms. The number of hydrogen-bond acceptors (Lipinski definition) is 6. The molecule has 2 aliphatic rings. The smallest absolute Gasteiger partial charge is 0.242 e. The highest BCUT2D eigenvalue weighted by Crippen LogP contribution is 2.35. The van der Waals surface area contributed by atoms with Gasteiger partial charge in [-0.1, -0.05) is 12.1 Å². The Hall–Kier alpha value is -2.09. The number of nitrogens with zero attached hydrogens (tertiary/aromatic N) is 4. The molecule has 2 heterocycles. The zero-order chi connectivity index (χ0) is 18.8. The van der Waals surface area contributed by atoms with Crippen molar-refractivity contribution in [3.05, 3.63) is 47.9 Å². The summed E-state index contributed by atoms with van der Waals surface area (Å²) in [7, 11) is 1.65. The Morgan fingerprint density at radius 3 is 2.66 bits per heavy atom. The van der Waals surface area contributed by atoms with Gasteiger partial charge in [0.2, 0.25) is 5.91 Å². The molecule has 4 rings (SSSR count). The summed E-state index contributed by atoms with van der Waals surface area (Å²) >= 11 is 0. The summed E-state index contributed by atoms with van der Waals surface area (Å²) in [5.74, 6) is 2.17. The first-order valence-electron chi connectivity index (χ1n) is 9.35. The van der Waals surface area contributed by atoms with Gasteiger partial charge < -0.3 is 20.3 Å². The number of piperazine rings is 1. The first-order valence-corrected chi connectivity index (χ1v) is 9.35. The van der Waals surface area contributed by atoms with E-state index < -0.39 is 0 Å². The number of carbonyl (C=O) groups is 1. The van der Waals surface area contributed by atoms with Gasteiger partial charge >= 0.3 is 0 Å². The molecular weight excluding hydrogens is 413 g/mol. The highest BCUT2D eigenvalue weighted by atomic mass is 35.5. The van der Waals surface area contributed by atoms with Crippen molar-refractivity contribution in [1.82, 2.24) is 14.9 Å². The van der Waals surface area contributed by atoms with Crippen LogP contribution >= 0.6 is 24.8 Å². The van der Waals surface area contributed by atoms with Crippen LogP contribution in [0.4, 0.5) is 5.82 Å². The van der Waals surface area contributed by atoms with Gasteiger partial charge in [0.05, 0.1) is 13.7 Å². The van der Waals surface area contributed by atoms with E-state index in [1.54, 1.807) is 13.4 Å². The van der Waals surface area contributed by atoms with E-state index in [-0.39, 0.29) is 36.8 Å². The number of rotatable bonds is 5. The van der Waals surface area contributed by atoms with Crippen LogP contribution in [-0.2, 0) is 11.3 Å². The van der Waals surface area contributed by atoms with Crippen molar-refractivity contribution in [1.29, 1.82) is 0 Å². The van der Waals surface area contributed by atoms with Gasteiger partial charge in [0.15, 0.2) is 0 Å². The van der Waals surface area contributed by atoms with Gasteiger partial charge in [-0.25, -0.2) is 9.97 Å². The molecule has 7 nitrogen and oxygen atoms in total. The number of halogens is 2. The van der Waals surface area contributed by atoms with Crippen molar-refractivity contribution >= 4 is 36.5 Å². The van der Waals surface area contributed by atoms with Gasteiger partial charge in [-0.05, 0) is 30.5 Å². The van der Waals surface area contributed by atoms with Crippen LogP contribution in [0.5, 0.6) is 5.75 Å². The Labute approximate surface area is 183 Å². The van der Waals surface area contributed by atoms with Crippen LogP contribution in [0.2, 0.25) is 0 Å². The lowest BCUT2D eigenvalue weighted by Crippen LogP contribution is -2.50. The predicted molar refractivity (Wildman–Crippen MR) is 117 cm³/mol. The molecule has 0 unspecified atom stereocenters. The van der Waals surface area contributed by atoms with Gasteiger partial charge in [0, 0.05) is 43.4 Å². The van der Waals surface area contributed by atoms with Crippen LogP contribution in [0.3, 0.4) is 0 Å². The number of carbonyl (C=O) groups excluding carboxylic acids is 1. The lowest BCUT2D eigenvalue weighted by molar-refractivity contribution is -0.131. The number of amides is 1. The second-order valence-electron chi connectivity index (χ2n) is 7.32. The molecule has 9 heteroatoms. The fourth-order valence-electron chi connectivity index (χ4n) is 3.72. The topological polar surface area (TPSA) is 84.6 Å². The fraction of sp³-hybridized carbons (Fsp3) is 0.450. The van der Waals surface area contributed by atoms with E-state index in [0.29, 0.717) is 25.6 Å². The Morgan fingerprint density at radius 2 is 1.97 bits per heavy atom. The van der Waals surface area contributed by atoms with Crippen molar-refractivity contribution in [3.8, 4) is 5.75 Å². The molecule has 1 aromatic heterocycles. The average molecular weight is 440 g/mol. The highest BCUT2D eigenvalue weighted by Gasteiger charge is 2.30. The van der Waals surface area contributed by atoms with Crippen molar-refractivity contribution in [3.63, 3.8) is 0 Å². The van der Waals surface area contributed by atoms with Gasteiger partial charge in [-0.2, -0.15) is 0 Å². The van der Waals surface area contributed by atoms with Crippen LogP contribution in [0, 0.1) is 0 Å². The third kappa shape index (κ3) is 5.29. The number of nitrogens with two attached hydrogens (primary N) is 1. The summed E-state index contributed by atoms with van der Waals surface area (Å²) in [5, 5.41) is 0. The van der Waals surface area contributed by atoms with Gasteiger partial charge in [-0.15, -0.1) is 24.8 Å². The van der Waals surface area contributed by atoms with Crippen LogP contribution in [0.1, 0.15) is 30.0 Å². The first kappa shape index (κ1) is 23.2. The summed E-state index contributed by atoms with van der Waals surface area (Å²) in [6.07, 6.45) is 3.55. The molecule has 2 fully saturated rings. The van der Waals surface area contributed by atoms with Crippen molar-refractivity contribution in [2.75, 3.05) is 31.6 Å². The van der Waals surface area contributed by atoms with Gasteiger partial charge in [-0.3, -0.25) is 4.79 Å². The molecule has 0 spiro atoms. The summed E-state index contributed by atoms with van der Waals surface area (Å²) in [5.41, 5.74) is 8.00. The van der Waals surface area contributed by atoms with Gasteiger partial charge in [0.1, 0.15) is 17.9 Å². The van der Waals surface area contributed by atoms with E-state index in [2.05, 4.69) is 9.97 Å². The monoisotopic (exact) mass is 439 g/mol. The Morgan fingerprint density at radius 1 is 1.17 bits per heavy atom. The maximum atomic E-state index is 12.7. The largest absolute Gasteiger partial charge is 0.497 e. The Kier molecular flexibility index (Phi) is 8.07.